The first-order chi connectivity index (χ1) is 16.0. The molecule has 4 rings (SSSR count). The van der Waals surface area contributed by atoms with E-state index in [9.17, 15) is 27.2 Å². The number of amides is 1. The molecule has 5 nitrogen and oxygen atoms in total. The van der Waals surface area contributed by atoms with Gasteiger partial charge in [0.2, 0.25) is 0 Å². The summed E-state index contributed by atoms with van der Waals surface area (Å²) in [6.07, 6.45) is -3.83. The lowest BCUT2D eigenvalue weighted by molar-refractivity contribution is -0.138. The first-order valence-corrected chi connectivity index (χ1v) is 11.9. The third kappa shape index (κ3) is 4.96. The van der Waals surface area contributed by atoms with Crippen LogP contribution in [0.3, 0.4) is 0 Å². The van der Waals surface area contributed by atoms with Crippen LogP contribution in [0, 0.1) is 11.7 Å². The normalized spacial score (nSPS) is 14.9. The van der Waals surface area contributed by atoms with Gasteiger partial charge in [0.1, 0.15) is 5.82 Å². The van der Waals surface area contributed by atoms with Crippen LogP contribution in [0.25, 0.3) is 10.1 Å². The van der Waals surface area contributed by atoms with Crippen molar-refractivity contribution in [3.05, 3.63) is 63.7 Å². The molecule has 1 aliphatic rings. The number of rotatable bonds is 5. The lowest BCUT2D eigenvalue weighted by Gasteiger charge is -2.36. The number of piperazine rings is 1. The van der Waals surface area contributed by atoms with E-state index in [1.54, 1.807) is 10.0 Å². The van der Waals surface area contributed by atoms with Gasteiger partial charge in [0.15, 0.2) is 0 Å². The minimum Gasteiger partial charge on any atom is -0.368 e. The van der Waals surface area contributed by atoms with Crippen LogP contribution in [0.5, 0.6) is 0 Å². The molecule has 1 saturated heterocycles. The minimum atomic E-state index is -4.75. The first-order valence-electron chi connectivity index (χ1n) is 11.1. The Bertz CT molecular complexity index is 1260. The molecule has 1 amide bonds. The van der Waals surface area contributed by atoms with Crippen LogP contribution >= 0.6 is 11.5 Å². The zero-order valence-corrected chi connectivity index (χ0v) is 19.7. The average Bonchev–Trinajstić information content (AvgIpc) is 3.11. The highest BCUT2D eigenvalue weighted by molar-refractivity contribution is 7.13. The van der Waals surface area contributed by atoms with Gasteiger partial charge in [-0.15, -0.1) is 0 Å². The fourth-order valence-corrected chi connectivity index (χ4v) is 5.10. The summed E-state index contributed by atoms with van der Waals surface area (Å²) in [5.41, 5.74) is -0.921. The number of halogens is 4. The van der Waals surface area contributed by atoms with E-state index in [4.69, 9.17) is 0 Å². The van der Waals surface area contributed by atoms with Crippen molar-refractivity contribution in [3.63, 3.8) is 0 Å². The van der Waals surface area contributed by atoms with Crippen LogP contribution in [0.15, 0.2) is 41.2 Å². The molecule has 0 saturated carbocycles. The van der Waals surface area contributed by atoms with Crippen molar-refractivity contribution in [2.24, 2.45) is 5.92 Å². The maximum Gasteiger partial charge on any atom is 0.417 e. The zero-order chi connectivity index (χ0) is 24.6. The Hall–Kier alpha value is -2.88. The summed E-state index contributed by atoms with van der Waals surface area (Å²) in [7, 11) is 0. The Morgan fingerprint density at radius 1 is 1.06 bits per heavy atom. The van der Waals surface area contributed by atoms with Gasteiger partial charge in [0.25, 0.3) is 11.5 Å². The van der Waals surface area contributed by atoms with Crippen LogP contribution in [-0.4, -0.2) is 40.9 Å². The maximum atomic E-state index is 13.6. The lowest BCUT2D eigenvalue weighted by Crippen LogP contribution is -2.49. The van der Waals surface area contributed by atoms with Crippen LogP contribution in [0.4, 0.5) is 23.2 Å². The smallest absolute Gasteiger partial charge is 0.368 e. The van der Waals surface area contributed by atoms with Crippen LogP contribution in [0.2, 0.25) is 0 Å². The molecule has 1 fully saturated rings. The summed E-state index contributed by atoms with van der Waals surface area (Å²) < 4.78 is 56.2. The Labute approximate surface area is 198 Å². The molecule has 2 heterocycles. The highest BCUT2D eigenvalue weighted by atomic mass is 32.1. The van der Waals surface area contributed by atoms with Crippen molar-refractivity contribution in [2.45, 2.75) is 33.0 Å². The van der Waals surface area contributed by atoms with Gasteiger partial charge in [-0.1, -0.05) is 25.4 Å². The molecule has 1 aliphatic heterocycles. The van der Waals surface area contributed by atoms with Crippen LogP contribution in [-0.2, 0) is 12.7 Å². The predicted molar refractivity (Wildman–Crippen MR) is 125 cm³/mol. The molecule has 0 spiro atoms. The van der Waals surface area contributed by atoms with Crippen molar-refractivity contribution in [1.82, 2.24) is 8.86 Å². The number of aryl methyl sites for hydroxylation is 1. The van der Waals surface area contributed by atoms with E-state index in [2.05, 4.69) is 13.8 Å². The van der Waals surface area contributed by atoms with E-state index in [-0.39, 0.29) is 18.6 Å². The maximum absolute atomic E-state index is 13.6. The summed E-state index contributed by atoms with van der Waals surface area (Å²) in [5, 5.41) is 0.664. The van der Waals surface area contributed by atoms with Crippen molar-refractivity contribution < 1.29 is 22.4 Å². The van der Waals surface area contributed by atoms with E-state index in [0.29, 0.717) is 49.1 Å². The van der Waals surface area contributed by atoms with Gasteiger partial charge in [0, 0.05) is 38.4 Å². The largest absolute Gasteiger partial charge is 0.417 e. The standard InChI is InChI=1S/C24H25F4N3O2S/c1-15(2)7-8-31-23(33)18-5-4-17(14-21(18)34-31)29-9-11-30(12-10-29)22(32)19-13-16(25)3-6-20(19)24(26,27)28/h3-6,13-15H,7-12H2,1-2H3. The summed E-state index contributed by atoms with van der Waals surface area (Å²) >= 11 is 1.42. The van der Waals surface area contributed by atoms with Gasteiger partial charge in [-0.05, 0) is 48.7 Å². The molecular formula is C24H25F4N3O2S. The van der Waals surface area contributed by atoms with Crippen molar-refractivity contribution in [3.8, 4) is 0 Å². The second-order valence-corrected chi connectivity index (χ2v) is 9.89. The number of hydrogen-bond donors (Lipinski definition) is 0. The van der Waals surface area contributed by atoms with Crippen molar-refractivity contribution in [1.29, 1.82) is 0 Å². The number of aromatic nitrogens is 1. The number of carbonyl (C=O) groups is 1. The molecule has 0 aliphatic carbocycles. The van der Waals surface area contributed by atoms with Crippen molar-refractivity contribution >= 4 is 33.2 Å². The zero-order valence-electron chi connectivity index (χ0n) is 18.9. The number of nitrogens with zero attached hydrogens (tertiary/aromatic N) is 3. The second-order valence-electron chi connectivity index (χ2n) is 8.83. The number of hydrogen-bond acceptors (Lipinski definition) is 4. The molecule has 0 atom stereocenters. The van der Waals surface area contributed by atoms with E-state index < -0.39 is 29.0 Å². The molecule has 2 aromatic carbocycles. The number of alkyl halides is 3. The van der Waals surface area contributed by atoms with E-state index in [1.165, 1.54) is 16.4 Å². The molecule has 0 radical (unpaired) electrons. The molecule has 34 heavy (non-hydrogen) atoms. The monoisotopic (exact) mass is 495 g/mol. The van der Waals surface area contributed by atoms with E-state index >= 15 is 0 Å². The molecule has 0 bridgehead atoms. The minimum absolute atomic E-state index is 0.00169. The van der Waals surface area contributed by atoms with Gasteiger partial charge < -0.3 is 9.80 Å². The number of fused-ring (bicyclic) bond motifs is 1. The lowest BCUT2D eigenvalue weighted by atomic mass is 10.0. The van der Waals surface area contributed by atoms with Gasteiger partial charge in [-0.3, -0.25) is 13.5 Å². The quantitative estimate of drug-likeness (QED) is 0.456. The summed E-state index contributed by atoms with van der Waals surface area (Å²) in [4.78, 5) is 28.8. The second kappa shape index (κ2) is 9.40. The molecule has 0 N–H and O–H groups in total. The van der Waals surface area contributed by atoms with E-state index in [1.807, 2.05) is 17.0 Å². The highest BCUT2D eigenvalue weighted by Crippen LogP contribution is 2.33. The van der Waals surface area contributed by atoms with Crippen molar-refractivity contribution in [2.75, 3.05) is 31.1 Å². The third-order valence-electron chi connectivity index (χ3n) is 5.99. The summed E-state index contributed by atoms with van der Waals surface area (Å²) in [5.74, 6) is -1.23. The van der Waals surface area contributed by atoms with E-state index in [0.717, 1.165) is 16.8 Å². The molecule has 3 aromatic rings. The Balaban J connectivity index is 1.48. The topological polar surface area (TPSA) is 45.5 Å². The van der Waals surface area contributed by atoms with Gasteiger partial charge in [0.05, 0.1) is 21.2 Å². The number of carbonyl (C=O) groups excluding carboxylic acids is 1. The van der Waals surface area contributed by atoms with Crippen LogP contribution < -0.4 is 10.5 Å². The SMILES string of the molecule is CC(C)CCn1sc2cc(N3CCN(C(=O)c4cc(F)ccc4C(F)(F)F)CC3)ccc2c1=O. The highest BCUT2D eigenvalue weighted by Gasteiger charge is 2.37. The number of anilines is 1. The predicted octanol–water partition coefficient (Wildman–Crippen LogP) is 5.23. The van der Waals surface area contributed by atoms with Gasteiger partial charge in [-0.2, -0.15) is 13.2 Å². The molecular weight excluding hydrogens is 470 g/mol. The van der Waals surface area contributed by atoms with Crippen LogP contribution in [0.1, 0.15) is 36.2 Å². The van der Waals surface area contributed by atoms with Gasteiger partial charge in [-0.25, -0.2) is 4.39 Å². The Morgan fingerprint density at radius 3 is 2.41 bits per heavy atom. The molecule has 182 valence electrons. The Kier molecular flexibility index (Phi) is 6.71. The fourth-order valence-electron chi connectivity index (χ4n) is 4.06. The first kappa shape index (κ1) is 24.3. The number of benzene rings is 2. The summed E-state index contributed by atoms with van der Waals surface area (Å²) in [6.45, 7) is 6.13. The third-order valence-corrected chi connectivity index (χ3v) is 7.09. The fraction of sp³-hybridized carbons (Fsp3) is 0.417. The summed E-state index contributed by atoms with van der Waals surface area (Å²) in [6, 6.07) is 7.56. The van der Waals surface area contributed by atoms with Gasteiger partial charge >= 0.3 is 6.18 Å². The molecule has 0 unspecified atom stereocenters. The molecule has 10 heteroatoms. The molecule has 1 aromatic heterocycles. The Morgan fingerprint density at radius 2 is 1.76 bits per heavy atom. The average molecular weight is 496 g/mol.